The van der Waals surface area contributed by atoms with Gasteiger partial charge in [0, 0.05) is 25.1 Å². The highest BCUT2D eigenvalue weighted by molar-refractivity contribution is 7.99. The number of fused-ring (bicyclic) bond motifs is 1. The van der Waals surface area contributed by atoms with Crippen molar-refractivity contribution >= 4 is 29.3 Å². The summed E-state index contributed by atoms with van der Waals surface area (Å²) < 4.78 is 4.95. The van der Waals surface area contributed by atoms with Gasteiger partial charge in [0.25, 0.3) is 0 Å². The fourth-order valence-electron chi connectivity index (χ4n) is 2.38. The number of carbonyl (C=O) groups excluding carboxylic acids is 1. The number of ether oxygens (including phenoxy) is 1. The minimum atomic E-state index is -0.852. The summed E-state index contributed by atoms with van der Waals surface area (Å²) in [5, 5.41) is 9.25. The highest BCUT2D eigenvalue weighted by Gasteiger charge is 2.31. The molecule has 0 saturated carbocycles. The molecule has 1 heterocycles. The van der Waals surface area contributed by atoms with Crippen LogP contribution in [0.15, 0.2) is 24.3 Å². The van der Waals surface area contributed by atoms with Gasteiger partial charge in [-0.3, -0.25) is 9.59 Å². The summed E-state index contributed by atoms with van der Waals surface area (Å²) in [6.07, 6.45) is 0.478. The molecule has 1 aromatic rings. The number of carboxylic acid groups (broad SMARTS) is 1. The molecule has 0 saturated heterocycles. The summed E-state index contributed by atoms with van der Waals surface area (Å²) in [5.41, 5.74) is 1.76. The third-order valence-electron chi connectivity index (χ3n) is 3.46. The molecule has 1 atom stereocenters. The molecule has 1 aliphatic rings. The Morgan fingerprint density at radius 2 is 2.19 bits per heavy atom. The number of aliphatic carboxylic acids is 1. The first kappa shape index (κ1) is 15.9. The molecule has 5 nitrogen and oxygen atoms in total. The molecule has 1 aromatic carbocycles. The topological polar surface area (TPSA) is 66.8 Å². The number of benzene rings is 1. The second kappa shape index (κ2) is 7.47. The van der Waals surface area contributed by atoms with Gasteiger partial charge >= 0.3 is 5.97 Å². The molecule has 114 valence electrons. The molecule has 0 fully saturated rings. The van der Waals surface area contributed by atoms with Gasteiger partial charge in [-0.1, -0.05) is 18.2 Å². The van der Waals surface area contributed by atoms with Gasteiger partial charge in [-0.25, -0.2) is 0 Å². The van der Waals surface area contributed by atoms with E-state index in [4.69, 9.17) is 4.74 Å². The summed E-state index contributed by atoms with van der Waals surface area (Å²) in [6.45, 7) is 0.850. The largest absolute Gasteiger partial charge is 0.481 e. The van der Waals surface area contributed by atoms with Gasteiger partial charge in [0.15, 0.2) is 0 Å². The molecule has 0 radical (unpaired) electrons. The standard InChI is InChI=1S/C15H19NO4S/c1-20-6-7-21-10-14(17)16-9-12(15(18)19)8-11-4-2-3-5-13(11)16/h2-5,12H,6-10H2,1H3,(H,18,19). The minimum Gasteiger partial charge on any atom is -0.481 e. The molecular weight excluding hydrogens is 290 g/mol. The molecule has 0 spiro atoms. The van der Waals surface area contributed by atoms with Crippen molar-refractivity contribution in [3.63, 3.8) is 0 Å². The number of carboxylic acids is 1. The first-order valence-electron chi connectivity index (χ1n) is 6.81. The Balaban J connectivity index is 2.09. The van der Waals surface area contributed by atoms with Crippen LogP contribution in [0.1, 0.15) is 5.56 Å². The maximum atomic E-state index is 12.4. The van der Waals surface area contributed by atoms with E-state index in [9.17, 15) is 14.7 Å². The van der Waals surface area contributed by atoms with Crippen molar-refractivity contribution in [3.8, 4) is 0 Å². The highest BCUT2D eigenvalue weighted by Crippen LogP contribution is 2.30. The van der Waals surface area contributed by atoms with E-state index in [0.717, 1.165) is 17.0 Å². The van der Waals surface area contributed by atoms with E-state index in [1.807, 2.05) is 24.3 Å². The van der Waals surface area contributed by atoms with Crippen molar-refractivity contribution in [2.75, 3.05) is 36.7 Å². The molecule has 1 unspecified atom stereocenters. The Labute approximate surface area is 128 Å². The number of hydrogen-bond donors (Lipinski definition) is 1. The Hall–Kier alpha value is -1.53. The van der Waals surface area contributed by atoms with Crippen molar-refractivity contribution in [3.05, 3.63) is 29.8 Å². The van der Waals surface area contributed by atoms with Crippen molar-refractivity contribution < 1.29 is 19.4 Å². The lowest BCUT2D eigenvalue weighted by molar-refractivity contribution is -0.141. The SMILES string of the molecule is COCCSCC(=O)N1CC(C(=O)O)Cc2ccccc21. The molecular formula is C15H19NO4S. The Kier molecular flexibility index (Phi) is 5.64. The Morgan fingerprint density at radius 1 is 1.43 bits per heavy atom. The van der Waals surface area contributed by atoms with Crippen LogP contribution < -0.4 is 4.90 Å². The first-order chi connectivity index (χ1) is 10.1. The molecule has 0 aromatic heterocycles. The van der Waals surface area contributed by atoms with Crippen molar-refractivity contribution in [1.29, 1.82) is 0 Å². The normalized spacial score (nSPS) is 17.4. The van der Waals surface area contributed by atoms with E-state index in [-0.39, 0.29) is 12.5 Å². The maximum Gasteiger partial charge on any atom is 0.308 e. The van der Waals surface area contributed by atoms with Crippen LogP contribution in [-0.4, -0.2) is 48.8 Å². The van der Waals surface area contributed by atoms with Crippen LogP contribution in [0.25, 0.3) is 0 Å². The van der Waals surface area contributed by atoms with Crippen LogP contribution >= 0.6 is 11.8 Å². The van der Waals surface area contributed by atoms with Crippen LogP contribution in [0, 0.1) is 5.92 Å². The number of nitrogens with zero attached hydrogens (tertiary/aromatic N) is 1. The van der Waals surface area contributed by atoms with Crippen molar-refractivity contribution in [1.82, 2.24) is 0 Å². The highest BCUT2D eigenvalue weighted by atomic mass is 32.2. The van der Waals surface area contributed by atoms with Crippen molar-refractivity contribution in [2.24, 2.45) is 5.92 Å². The van der Waals surface area contributed by atoms with E-state index in [1.165, 1.54) is 11.8 Å². The summed E-state index contributed by atoms with van der Waals surface area (Å²) >= 11 is 1.50. The average molecular weight is 309 g/mol. The quantitative estimate of drug-likeness (QED) is 0.810. The third-order valence-corrected chi connectivity index (χ3v) is 4.37. The summed E-state index contributed by atoms with van der Waals surface area (Å²) in [5.74, 6) is -0.346. The van der Waals surface area contributed by atoms with Gasteiger partial charge in [0.05, 0.1) is 18.3 Å². The number of amides is 1. The van der Waals surface area contributed by atoms with E-state index < -0.39 is 11.9 Å². The fraction of sp³-hybridized carbons (Fsp3) is 0.467. The van der Waals surface area contributed by atoms with Crippen LogP contribution in [0.2, 0.25) is 0 Å². The lowest BCUT2D eigenvalue weighted by Gasteiger charge is -2.32. The van der Waals surface area contributed by atoms with Crippen LogP contribution in [0.4, 0.5) is 5.69 Å². The minimum absolute atomic E-state index is 0.0468. The van der Waals surface area contributed by atoms with Gasteiger partial charge < -0.3 is 14.7 Å². The zero-order valence-electron chi connectivity index (χ0n) is 11.9. The predicted octanol–water partition coefficient (Wildman–Crippen LogP) is 1.66. The van der Waals surface area contributed by atoms with E-state index in [0.29, 0.717) is 18.8 Å². The molecule has 6 heteroatoms. The number of para-hydroxylation sites is 1. The summed E-state index contributed by atoms with van der Waals surface area (Å²) in [4.78, 5) is 25.2. The molecule has 2 rings (SSSR count). The lowest BCUT2D eigenvalue weighted by atomic mass is 9.92. The summed E-state index contributed by atoms with van der Waals surface area (Å²) in [6, 6.07) is 7.52. The Bertz CT molecular complexity index is 520. The zero-order valence-corrected chi connectivity index (χ0v) is 12.8. The second-order valence-corrected chi connectivity index (χ2v) is 6.02. The number of methoxy groups -OCH3 is 1. The van der Waals surface area contributed by atoms with E-state index in [1.54, 1.807) is 12.0 Å². The average Bonchev–Trinajstić information content (AvgIpc) is 2.50. The van der Waals surface area contributed by atoms with Crippen LogP contribution in [0.5, 0.6) is 0 Å². The number of thioether (sulfide) groups is 1. The maximum absolute atomic E-state index is 12.4. The fourth-order valence-corrected chi connectivity index (χ4v) is 3.14. The first-order valence-corrected chi connectivity index (χ1v) is 7.96. The molecule has 1 amide bonds. The van der Waals surface area contributed by atoms with Gasteiger partial charge in [0.1, 0.15) is 0 Å². The predicted molar refractivity (Wildman–Crippen MR) is 82.8 cm³/mol. The molecule has 1 aliphatic heterocycles. The molecule has 1 N–H and O–H groups in total. The lowest BCUT2D eigenvalue weighted by Crippen LogP contribution is -2.43. The van der Waals surface area contributed by atoms with Crippen molar-refractivity contribution in [2.45, 2.75) is 6.42 Å². The van der Waals surface area contributed by atoms with E-state index in [2.05, 4.69) is 0 Å². The number of anilines is 1. The van der Waals surface area contributed by atoms with Crippen LogP contribution in [-0.2, 0) is 20.7 Å². The van der Waals surface area contributed by atoms with Gasteiger partial charge in [-0.05, 0) is 18.1 Å². The second-order valence-electron chi connectivity index (χ2n) is 4.92. The smallest absolute Gasteiger partial charge is 0.308 e. The third kappa shape index (κ3) is 3.98. The summed E-state index contributed by atoms with van der Waals surface area (Å²) in [7, 11) is 1.63. The number of hydrogen-bond acceptors (Lipinski definition) is 4. The van der Waals surface area contributed by atoms with Crippen LogP contribution in [0.3, 0.4) is 0 Å². The molecule has 0 bridgehead atoms. The van der Waals surface area contributed by atoms with Gasteiger partial charge in [-0.2, -0.15) is 0 Å². The number of carbonyl (C=O) groups is 2. The molecule has 0 aliphatic carbocycles. The van der Waals surface area contributed by atoms with Gasteiger partial charge in [-0.15, -0.1) is 11.8 Å². The van der Waals surface area contributed by atoms with E-state index >= 15 is 0 Å². The monoisotopic (exact) mass is 309 g/mol. The Morgan fingerprint density at radius 3 is 2.90 bits per heavy atom. The zero-order chi connectivity index (χ0) is 15.2. The molecule has 21 heavy (non-hydrogen) atoms. The van der Waals surface area contributed by atoms with Gasteiger partial charge in [0.2, 0.25) is 5.91 Å². The number of rotatable bonds is 6.